The molecule has 2 rings (SSSR count). The lowest BCUT2D eigenvalue weighted by molar-refractivity contribution is 0.0130. The van der Waals surface area contributed by atoms with Crippen LogP contribution in [-0.2, 0) is 4.74 Å². The fourth-order valence-corrected chi connectivity index (χ4v) is 3.07. The minimum atomic E-state index is 0.537. The van der Waals surface area contributed by atoms with Crippen LogP contribution < -0.4 is 5.32 Å². The van der Waals surface area contributed by atoms with E-state index in [-0.39, 0.29) is 0 Å². The highest BCUT2D eigenvalue weighted by atomic mass is 16.5. The number of nitrogens with one attached hydrogen (secondary N) is 1. The van der Waals surface area contributed by atoms with Crippen molar-refractivity contribution in [3.63, 3.8) is 0 Å². The largest absolute Gasteiger partial charge is 0.378 e. The second kappa shape index (κ2) is 7.34. The first-order valence-electron chi connectivity index (χ1n) is 7.43. The minimum absolute atomic E-state index is 0.537. The topological polar surface area (TPSA) is 24.5 Å². The Morgan fingerprint density at radius 2 is 1.82 bits per heavy atom. The molecule has 2 fully saturated rings. The molecule has 0 atom stereocenters. The molecule has 2 heterocycles. The summed E-state index contributed by atoms with van der Waals surface area (Å²) in [5, 5.41) is 3.44. The van der Waals surface area contributed by atoms with Crippen LogP contribution in [-0.4, -0.2) is 50.3 Å². The van der Waals surface area contributed by atoms with Gasteiger partial charge in [-0.1, -0.05) is 0 Å². The first-order chi connectivity index (χ1) is 8.38. The predicted molar refractivity (Wildman–Crippen MR) is 71.3 cm³/mol. The fraction of sp³-hybridized carbons (Fsp3) is 1.00. The van der Waals surface area contributed by atoms with Crippen molar-refractivity contribution in [2.75, 3.05) is 39.3 Å². The zero-order valence-corrected chi connectivity index (χ0v) is 11.3. The van der Waals surface area contributed by atoms with Crippen molar-refractivity contribution >= 4 is 0 Å². The molecule has 0 saturated carbocycles. The Kier molecular flexibility index (Phi) is 5.75. The van der Waals surface area contributed by atoms with Gasteiger partial charge in [0.05, 0.1) is 6.10 Å². The van der Waals surface area contributed by atoms with E-state index in [9.17, 15) is 0 Å². The van der Waals surface area contributed by atoms with E-state index < -0.39 is 0 Å². The molecule has 0 aromatic heterocycles. The maximum Gasteiger partial charge on any atom is 0.0599 e. The number of nitrogens with zero attached hydrogens (tertiary/aromatic N) is 1. The average Bonchev–Trinajstić information content (AvgIpc) is 2.40. The van der Waals surface area contributed by atoms with E-state index >= 15 is 0 Å². The molecule has 3 nitrogen and oxygen atoms in total. The van der Waals surface area contributed by atoms with Crippen molar-refractivity contribution in [1.82, 2.24) is 10.2 Å². The number of likely N-dealkylation sites (tertiary alicyclic amines) is 1. The standard InChI is InChI=1S/C14H28N2O/c1-2-17-14-6-11-16(12-7-14)10-5-13-3-8-15-9-4-13/h13-15H,2-12H2,1H3. The summed E-state index contributed by atoms with van der Waals surface area (Å²) < 4.78 is 5.69. The van der Waals surface area contributed by atoms with Crippen LogP contribution in [0.5, 0.6) is 0 Å². The lowest BCUT2D eigenvalue weighted by atomic mass is 9.94. The maximum atomic E-state index is 5.69. The van der Waals surface area contributed by atoms with Gasteiger partial charge in [0, 0.05) is 19.7 Å². The van der Waals surface area contributed by atoms with Crippen molar-refractivity contribution in [2.45, 2.75) is 45.1 Å². The Labute approximate surface area is 106 Å². The van der Waals surface area contributed by atoms with Crippen LogP contribution in [0.15, 0.2) is 0 Å². The molecule has 3 heteroatoms. The number of ether oxygens (including phenoxy) is 1. The third-order valence-electron chi connectivity index (χ3n) is 4.25. The van der Waals surface area contributed by atoms with Crippen molar-refractivity contribution in [3.05, 3.63) is 0 Å². The lowest BCUT2D eigenvalue weighted by Gasteiger charge is -2.33. The van der Waals surface area contributed by atoms with Crippen LogP contribution in [0, 0.1) is 5.92 Å². The number of rotatable bonds is 5. The molecule has 2 aliphatic rings. The molecule has 0 aromatic rings. The predicted octanol–water partition coefficient (Wildman–Crippen LogP) is 1.88. The van der Waals surface area contributed by atoms with Gasteiger partial charge in [0.2, 0.25) is 0 Å². The van der Waals surface area contributed by atoms with Gasteiger partial charge < -0.3 is 15.0 Å². The zero-order valence-electron chi connectivity index (χ0n) is 11.3. The van der Waals surface area contributed by atoms with Gasteiger partial charge >= 0.3 is 0 Å². The summed E-state index contributed by atoms with van der Waals surface area (Å²) in [7, 11) is 0. The Morgan fingerprint density at radius 3 is 2.47 bits per heavy atom. The van der Waals surface area contributed by atoms with Crippen molar-refractivity contribution in [1.29, 1.82) is 0 Å². The molecule has 0 spiro atoms. The number of hydrogen-bond donors (Lipinski definition) is 1. The third-order valence-corrected chi connectivity index (χ3v) is 4.25. The van der Waals surface area contributed by atoms with Gasteiger partial charge in [-0.05, 0) is 64.6 Å². The molecular weight excluding hydrogens is 212 g/mol. The molecule has 0 unspecified atom stereocenters. The van der Waals surface area contributed by atoms with E-state index in [4.69, 9.17) is 4.74 Å². The molecule has 0 amide bonds. The molecule has 0 aliphatic carbocycles. The summed E-state index contributed by atoms with van der Waals surface area (Å²) >= 11 is 0. The Balaban J connectivity index is 1.57. The molecule has 2 saturated heterocycles. The second-order valence-corrected chi connectivity index (χ2v) is 5.48. The van der Waals surface area contributed by atoms with Crippen molar-refractivity contribution in [2.24, 2.45) is 5.92 Å². The van der Waals surface area contributed by atoms with E-state index in [2.05, 4.69) is 17.1 Å². The van der Waals surface area contributed by atoms with E-state index in [0.29, 0.717) is 6.10 Å². The Bertz CT molecular complexity index is 196. The average molecular weight is 240 g/mol. The summed E-state index contributed by atoms with van der Waals surface area (Å²) in [4.78, 5) is 2.64. The van der Waals surface area contributed by atoms with Crippen LogP contribution in [0.25, 0.3) is 0 Å². The summed E-state index contributed by atoms with van der Waals surface area (Å²) in [5.41, 5.74) is 0. The summed E-state index contributed by atoms with van der Waals surface area (Å²) in [6.07, 6.45) is 7.18. The smallest absolute Gasteiger partial charge is 0.0599 e. The van der Waals surface area contributed by atoms with Crippen LogP contribution >= 0.6 is 0 Å². The molecule has 2 aliphatic heterocycles. The molecule has 100 valence electrons. The van der Waals surface area contributed by atoms with Crippen LogP contribution in [0.2, 0.25) is 0 Å². The third kappa shape index (κ3) is 4.57. The molecule has 0 aromatic carbocycles. The van der Waals surface area contributed by atoms with Gasteiger partial charge in [0.25, 0.3) is 0 Å². The number of piperidine rings is 2. The Hall–Kier alpha value is -0.120. The van der Waals surface area contributed by atoms with Gasteiger partial charge in [-0.3, -0.25) is 0 Å². The normalized spacial score (nSPS) is 25.2. The van der Waals surface area contributed by atoms with Gasteiger partial charge in [0.15, 0.2) is 0 Å². The van der Waals surface area contributed by atoms with Gasteiger partial charge in [-0.2, -0.15) is 0 Å². The molecule has 17 heavy (non-hydrogen) atoms. The molecule has 0 bridgehead atoms. The fourth-order valence-electron chi connectivity index (χ4n) is 3.07. The number of hydrogen-bond acceptors (Lipinski definition) is 3. The van der Waals surface area contributed by atoms with Crippen LogP contribution in [0.4, 0.5) is 0 Å². The van der Waals surface area contributed by atoms with E-state index in [0.717, 1.165) is 12.5 Å². The van der Waals surface area contributed by atoms with Crippen molar-refractivity contribution < 1.29 is 4.74 Å². The quantitative estimate of drug-likeness (QED) is 0.794. The summed E-state index contributed by atoms with van der Waals surface area (Å²) in [5.74, 6) is 0.973. The highest BCUT2D eigenvalue weighted by Gasteiger charge is 2.20. The lowest BCUT2D eigenvalue weighted by Crippen LogP contribution is -2.38. The van der Waals surface area contributed by atoms with Crippen molar-refractivity contribution in [3.8, 4) is 0 Å². The summed E-state index contributed by atoms with van der Waals surface area (Å²) in [6, 6.07) is 0. The van der Waals surface area contributed by atoms with E-state index in [1.807, 2.05) is 0 Å². The summed E-state index contributed by atoms with van der Waals surface area (Å²) in [6.45, 7) is 9.24. The zero-order chi connectivity index (χ0) is 11.9. The van der Waals surface area contributed by atoms with Gasteiger partial charge in [-0.25, -0.2) is 0 Å². The van der Waals surface area contributed by atoms with E-state index in [1.165, 1.54) is 64.8 Å². The first kappa shape index (κ1) is 13.3. The van der Waals surface area contributed by atoms with Crippen LogP contribution in [0.1, 0.15) is 39.0 Å². The highest BCUT2D eigenvalue weighted by molar-refractivity contribution is 4.75. The van der Waals surface area contributed by atoms with E-state index in [1.54, 1.807) is 0 Å². The SMILES string of the molecule is CCOC1CCN(CCC2CCNCC2)CC1. The molecule has 0 radical (unpaired) electrons. The molecule has 1 N–H and O–H groups in total. The monoisotopic (exact) mass is 240 g/mol. The maximum absolute atomic E-state index is 5.69. The Morgan fingerprint density at radius 1 is 1.12 bits per heavy atom. The first-order valence-corrected chi connectivity index (χ1v) is 7.43. The molecular formula is C14H28N2O. The van der Waals surface area contributed by atoms with Gasteiger partial charge in [0.1, 0.15) is 0 Å². The second-order valence-electron chi connectivity index (χ2n) is 5.48. The van der Waals surface area contributed by atoms with Gasteiger partial charge in [-0.15, -0.1) is 0 Å². The van der Waals surface area contributed by atoms with Crippen LogP contribution in [0.3, 0.4) is 0 Å². The highest BCUT2D eigenvalue weighted by Crippen LogP contribution is 2.19. The minimum Gasteiger partial charge on any atom is -0.378 e.